The van der Waals surface area contributed by atoms with E-state index in [1.54, 1.807) is 12.1 Å². The summed E-state index contributed by atoms with van der Waals surface area (Å²) in [5.74, 6) is 0. The molecule has 2 nitrogen and oxygen atoms in total. The summed E-state index contributed by atoms with van der Waals surface area (Å²) in [4.78, 5) is 0. The highest BCUT2D eigenvalue weighted by molar-refractivity contribution is 6.30. The minimum atomic E-state index is 0.644. The molecule has 2 aromatic rings. The first-order chi connectivity index (χ1) is 9.02. The van der Waals surface area contributed by atoms with E-state index in [9.17, 15) is 5.26 Å². The summed E-state index contributed by atoms with van der Waals surface area (Å²) in [6.45, 7) is 4.11. The summed E-state index contributed by atoms with van der Waals surface area (Å²) in [6, 6.07) is 11.7. The third kappa shape index (κ3) is 2.72. The molecular weight excluding hydrogens is 256 g/mol. The molecule has 0 saturated carbocycles. The van der Waals surface area contributed by atoms with Crippen LogP contribution in [-0.4, -0.2) is 4.57 Å². The van der Waals surface area contributed by atoms with Crippen molar-refractivity contribution >= 4 is 23.3 Å². The Morgan fingerprint density at radius 2 is 1.89 bits per heavy atom. The van der Waals surface area contributed by atoms with Gasteiger partial charge in [-0.1, -0.05) is 23.7 Å². The predicted molar refractivity (Wildman–Crippen MR) is 79.8 cm³/mol. The van der Waals surface area contributed by atoms with Crippen molar-refractivity contribution in [2.24, 2.45) is 7.05 Å². The zero-order valence-corrected chi connectivity index (χ0v) is 12.0. The summed E-state index contributed by atoms with van der Waals surface area (Å²) in [5, 5.41) is 9.99. The van der Waals surface area contributed by atoms with Gasteiger partial charge in [0, 0.05) is 23.5 Å². The van der Waals surface area contributed by atoms with Crippen LogP contribution in [0.2, 0.25) is 5.02 Å². The molecule has 1 aromatic carbocycles. The Morgan fingerprint density at radius 1 is 1.26 bits per heavy atom. The van der Waals surface area contributed by atoms with Crippen molar-refractivity contribution in [2.75, 3.05) is 0 Å². The third-order valence-electron chi connectivity index (χ3n) is 3.39. The molecule has 2 rings (SSSR count). The minimum Gasteiger partial charge on any atom is -0.352 e. The molecule has 0 unspecified atom stereocenters. The molecule has 0 N–H and O–H groups in total. The Labute approximate surface area is 118 Å². The number of nitrogens with zero attached hydrogens (tertiary/aromatic N) is 2. The summed E-state index contributed by atoms with van der Waals surface area (Å²) < 4.78 is 2.11. The second-order valence-electron chi connectivity index (χ2n) is 4.56. The molecule has 0 aliphatic heterocycles. The zero-order chi connectivity index (χ0) is 14.0. The number of halogens is 1. The molecule has 19 heavy (non-hydrogen) atoms. The molecule has 0 bridgehead atoms. The second-order valence-corrected chi connectivity index (χ2v) is 5.00. The largest absolute Gasteiger partial charge is 0.352 e. The van der Waals surface area contributed by atoms with Crippen molar-refractivity contribution in [2.45, 2.75) is 13.8 Å². The lowest BCUT2D eigenvalue weighted by Gasteiger charge is -2.01. The molecule has 0 amide bonds. The number of aromatic nitrogens is 1. The predicted octanol–water partition coefficient (Wildman–Crippen LogP) is 4.36. The van der Waals surface area contributed by atoms with Gasteiger partial charge in [0.2, 0.25) is 0 Å². The fourth-order valence-corrected chi connectivity index (χ4v) is 2.12. The van der Waals surface area contributed by atoms with Gasteiger partial charge in [0.05, 0.1) is 11.6 Å². The quantitative estimate of drug-likeness (QED) is 0.746. The molecule has 0 saturated heterocycles. The summed E-state index contributed by atoms with van der Waals surface area (Å²) >= 11 is 5.86. The Kier molecular flexibility index (Phi) is 3.78. The van der Waals surface area contributed by atoms with Gasteiger partial charge in [0.15, 0.2) is 0 Å². The number of nitriles is 1. The van der Waals surface area contributed by atoms with Crippen LogP contribution >= 0.6 is 11.6 Å². The van der Waals surface area contributed by atoms with Gasteiger partial charge < -0.3 is 4.57 Å². The molecule has 96 valence electrons. The fourth-order valence-electron chi connectivity index (χ4n) is 2.00. The van der Waals surface area contributed by atoms with Crippen molar-refractivity contribution in [3.63, 3.8) is 0 Å². The van der Waals surface area contributed by atoms with Crippen LogP contribution in [0, 0.1) is 25.2 Å². The lowest BCUT2D eigenvalue weighted by Crippen LogP contribution is -1.92. The van der Waals surface area contributed by atoms with E-state index in [1.807, 2.05) is 25.3 Å². The van der Waals surface area contributed by atoms with Crippen LogP contribution < -0.4 is 0 Å². The smallest absolute Gasteiger partial charge is 0.0998 e. The number of aryl methyl sites for hydroxylation is 1. The van der Waals surface area contributed by atoms with Crippen molar-refractivity contribution in [3.05, 3.63) is 57.9 Å². The molecular formula is C16H15ClN2. The topological polar surface area (TPSA) is 28.7 Å². The molecule has 0 radical (unpaired) electrons. The summed E-state index contributed by atoms with van der Waals surface area (Å²) in [6.07, 6.45) is 1.92. The maximum absolute atomic E-state index is 9.32. The number of rotatable bonds is 2. The highest BCUT2D eigenvalue weighted by atomic mass is 35.5. The number of allylic oxidation sites excluding steroid dienone is 1. The van der Waals surface area contributed by atoms with E-state index in [1.165, 1.54) is 5.69 Å². The van der Waals surface area contributed by atoms with Crippen LogP contribution in [0.25, 0.3) is 11.6 Å². The van der Waals surface area contributed by atoms with Gasteiger partial charge in [-0.05, 0) is 49.2 Å². The van der Waals surface area contributed by atoms with E-state index in [4.69, 9.17) is 11.6 Å². The number of hydrogen-bond acceptors (Lipinski definition) is 1. The first kappa shape index (κ1) is 13.5. The van der Waals surface area contributed by atoms with E-state index >= 15 is 0 Å². The van der Waals surface area contributed by atoms with Crippen LogP contribution in [-0.2, 0) is 7.05 Å². The number of hydrogen-bond donors (Lipinski definition) is 0. The Hall–Kier alpha value is -1.98. The summed E-state index contributed by atoms with van der Waals surface area (Å²) in [5.41, 5.74) is 4.93. The maximum Gasteiger partial charge on any atom is 0.0998 e. The first-order valence-electron chi connectivity index (χ1n) is 6.03. The van der Waals surface area contributed by atoms with Gasteiger partial charge in [0.1, 0.15) is 0 Å². The Balaban J connectivity index is 2.47. The lowest BCUT2D eigenvalue weighted by molar-refractivity contribution is 0.843. The molecule has 0 aliphatic rings. The molecule has 0 atom stereocenters. The lowest BCUT2D eigenvalue weighted by atomic mass is 10.0. The average Bonchev–Trinajstić information content (AvgIpc) is 2.65. The van der Waals surface area contributed by atoms with Gasteiger partial charge in [-0.2, -0.15) is 5.26 Å². The van der Waals surface area contributed by atoms with Crippen molar-refractivity contribution < 1.29 is 0 Å². The second kappa shape index (κ2) is 5.34. The van der Waals surface area contributed by atoms with E-state index in [0.717, 1.165) is 16.8 Å². The minimum absolute atomic E-state index is 0.644. The van der Waals surface area contributed by atoms with Crippen molar-refractivity contribution in [1.29, 1.82) is 5.26 Å². The molecule has 0 spiro atoms. The monoisotopic (exact) mass is 270 g/mol. The normalized spacial score (nSPS) is 11.4. The van der Waals surface area contributed by atoms with E-state index in [-0.39, 0.29) is 0 Å². The van der Waals surface area contributed by atoms with Gasteiger partial charge in [0.25, 0.3) is 0 Å². The average molecular weight is 271 g/mol. The molecule has 0 fully saturated rings. The highest BCUT2D eigenvalue weighted by Gasteiger charge is 2.06. The van der Waals surface area contributed by atoms with Gasteiger partial charge in [-0.15, -0.1) is 0 Å². The van der Waals surface area contributed by atoms with E-state index in [0.29, 0.717) is 10.6 Å². The fraction of sp³-hybridized carbons (Fsp3) is 0.188. The first-order valence-corrected chi connectivity index (χ1v) is 6.41. The summed E-state index contributed by atoms with van der Waals surface area (Å²) in [7, 11) is 2.02. The molecule has 3 heteroatoms. The SMILES string of the molecule is Cc1cc(/C=C(/C#N)c2ccc(Cl)cc2)c(C)n1C. The molecule has 1 heterocycles. The molecule has 0 aliphatic carbocycles. The van der Waals surface area contributed by atoms with Crippen LogP contribution in [0.3, 0.4) is 0 Å². The van der Waals surface area contributed by atoms with Crippen LogP contribution in [0.4, 0.5) is 0 Å². The zero-order valence-electron chi connectivity index (χ0n) is 11.2. The maximum atomic E-state index is 9.32. The van der Waals surface area contributed by atoms with Gasteiger partial charge in [-0.25, -0.2) is 0 Å². The van der Waals surface area contributed by atoms with Crippen molar-refractivity contribution in [3.8, 4) is 6.07 Å². The van der Waals surface area contributed by atoms with E-state index in [2.05, 4.69) is 30.6 Å². The number of benzene rings is 1. The van der Waals surface area contributed by atoms with Crippen molar-refractivity contribution in [1.82, 2.24) is 4.57 Å². The van der Waals surface area contributed by atoms with Crippen LogP contribution in [0.15, 0.2) is 30.3 Å². The van der Waals surface area contributed by atoms with Crippen LogP contribution in [0.1, 0.15) is 22.5 Å². The highest BCUT2D eigenvalue weighted by Crippen LogP contribution is 2.22. The van der Waals surface area contributed by atoms with Gasteiger partial charge in [-0.3, -0.25) is 0 Å². The molecule has 1 aromatic heterocycles. The Morgan fingerprint density at radius 3 is 2.37 bits per heavy atom. The third-order valence-corrected chi connectivity index (χ3v) is 3.64. The Bertz CT molecular complexity index is 670. The standard InChI is InChI=1S/C16H15ClN2/c1-11-8-14(12(2)19(11)3)9-15(10-18)13-4-6-16(17)7-5-13/h4-9H,1-3H3/b15-9-. The van der Waals surface area contributed by atoms with E-state index < -0.39 is 0 Å². The van der Waals surface area contributed by atoms with Crippen LogP contribution in [0.5, 0.6) is 0 Å². The van der Waals surface area contributed by atoms with Gasteiger partial charge >= 0.3 is 0 Å².